The Kier molecular flexibility index (Phi) is 6.28. The van der Waals surface area contributed by atoms with Crippen LogP contribution in [0.4, 0.5) is 0 Å². The third kappa shape index (κ3) is 4.44. The third-order valence-corrected chi connectivity index (χ3v) is 5.95. The van der Waals surface area contributed by atoms with Crippen molar-refractivity contribution in [2.45, 2.75) is 25.9 Å². The summed E-state index contributed by atoms with van der Waals surface area (Å²) in [6.07, 6.45) is 2.41. The summed E-state index contributed by atoms with van der Waals surface area (Å²) in [5.41, 5.74) is 4.92. The molecule has 162 valence electrons. The van der Waals surface area contributed by atoms with Crippen LogP contribution < -0.4 is 14.8 Å². The van der Waals surface area contributed by atoms with Gasteiger partial charge in [0.05, 0.1) is 26.5 Å². The van der Waals surface area contributed by atoms with Crippen LogP contribution in [0.15, 0.2) is 59.2 Å². The van der Waals surface area contributed by atoms with E-state index in [0.29, 0.717) is 18.1 Å². The van der Waals surface area contributed by atoms with Gasteiger partial charge in [-0.2, -0.15) is 0 Å². The van der Waals surface area contributed by atoms with Gasteiger partial charge in [-0.15, -0.1) is 0 Å². The van der Waals surface area contributed by atoms with Crippen molar-refractivity contribution in [1.82, 2.24) is 10.2 Å². The zero-order valence-corrected chi connectivity index (χ0v) is 18.2. The molecule has 6 nitrogen and oxygen atoms in total. The molecular formula is C25H28N2O4. The van der Waals surface area contributed by atoms with Crippen molar-refractivity contribution in [3.8, 4) is 11.5 Å². The molecule has 1 amide bonds. The van der Waals surface area contributed by atoms with Gasteiger partial charge in [0.2, 0.25) is 0 Å². The van der Waals surface area contributed by atoms with E-state index >= 15 is 0 Å². The summed E-state index contributed by atoms with van der Waals surface area (Å²) in [6, 6.07) is 15.9. The Labute approximate surface area is 182 Å². The standard InChI is InChI=1S/C25H28N2O4/c1-17-7-4-5-8-19(17)16-27-11-10-18-13-23(29-2)24(30-3)14-20(18)21(27)15-26-25(28)22-9-6-12-31-22/h4-9,12-14,21H,10-11,15-16H2,1-3H3,(H,26,28). The number of ether oxygens (including phenoxy) is 2. The molecule has 1 aromatic heterocycles. The van der Waals surface area contributed by atoms with Crippen molar-refractivity contribution in [2.24, 2.45) is 0 Å². The van der Waals surface area contributed by atoms with Gasteiger partial charge in [0.15, 0.2) is 17.3 Å². The molecule has 1 atom stereocenters. The summed E-state index contributed by atoms with van der Waals surface area (Å²) in [4.78, 5) is 15.0. The maximum Gasteiger partial charge on any atom is 0.287 e. The number of fused-ring (bicyclic) bond motifs is 1. The van der Waals surface area contributed by atoms with E-state index in [1.807, 2.05) is 6.07 Å². The number of amides is 1. The number of aryl methyl sites for hydroxylation is 1. The Morgan fingerprint density at radius 2 is 1.90 bits per heavy atom. The maximum atomic E-state index is 12.5. The molecule has 0 radical (unpaired) electrons. The number of rotatable bonds is 7. The van der Waals surface area contributed by atoms with Gasteiger partial charge in [0, 0.05) is 19.6 Å². The topological polar surface area (TPSA) is 63.9 Å². The first-order valence-corrected chi connectivity index (χ1v) is 10.5. The summed E-state index contributed by atoms with van der Waals surface area (Å²) < 4.78 is 16.3. The van der Waals surface area contributed by atoms with Gasteiger partial charge in [-0.1, -0.05) is 24.3 Å². The van der Waals surface area contributed by atoms with E-state index in [1.54, 1.807) is 26.4 Å². The number of methoxy groups -OCH3 is 2. The van der Waals surface area contributed by atoms with E-state index in [9.17, 15) is 4.79 Å². The fourth-order valence-corrected chi connectivity index (χ4v) is 4.20. The molecule has 1 unspecified atom stereocenters. The smallest absolute Gasteiger partial charge is 0.287 e. The zero-order chi connectivity index (χ0) is 21.8. The number of nitrogens with one attached hydrogen (secondary N) is 1. The lowest BCUT2D eigenvalue weighted by Crippen LogP contribution is -2.41. The Hall–Kier alpha value is -3.25. The van der Waals surface area contributed by atoms with Gasteiger partial charge >= 0.3 is 0 Å². The number of carbonyl (C=O) groups is 1. The number of hydrogen-bond acceptors (Lipinski definition) is 5. The van der Waals surface area contributed by atoms with E-state index in [2.05, 4.69) is 47.5 Å². The van der Waals surface area contributed by atoms with Crippen LogP contribution in [0.2, 0.25) is 0 Å². The number of furan rings is 1. The summed E-state index contributed by atoms with van der Waals surface area (Å²) >= 11 is 0. The van der Waals surface area contributed by atoms with Gasteiger partial charge in [0.1, 0.15) is 0 Å². The summed E-state index contributed by atoms with van der Waals surface area (Å²) in [5.74, 6) is 1.52. The zero-order valence-electron chi connectivity index (χ0n) is 18.2. The van der Waals surface area contributed by atoms with E-state index in [0.717, 1.165) is 30.8 Å². The van der Waals surface area contributed by atoms with Gasteiger partial charge in [-0.3, -0.25) is 9.69 Å². The van der Waals surface area contributed by atoms with Gasteiger partial charge in [0.25, 0.3) is 5.91 Å². The molecule has 0 fully saturated rings. The second-order valence-electron chi connectivity index (χ2n) is 7.76. The fraction of sp³-hybridized carbons (Fsp3) is 0.320. The maximum absolute atomic E-state index is 12.5. The van der Waals surface area contributed by atoms with Gasteiger partial charge < -0.3 is 19.2 Å². The molecule has 4 rings (SSSR count). The molecule has 2 aromatic carbocycles. The van der Waals surface area contributed by atoms with Crippen LogP contribution in [-0.2, 0) is 13.0 Å². The molecule has 1 aliphatic rings. The van der Waals surface area contributed by atoms with Crippen LogP contribution in [0.3, 0.4) is 0 Å². The second-order valence-corrected chi connectivity index (χ2v) is 7.76. The highest BCUT2D eigenvalue weighted by molar-refractivity contribution is 5.91. The average molecular weight is 421 g/mol. The number of carbonyl (C=O) groups excluding carboxylic acids is 1. The van der Waals surface area contributed by atoms with E-state index in [-0.39, 0.29) is 11.9 Å². The van der Waals surface area contributed by atoms with Crippen LogP contribution in [0, 0.1) is 6.92 Å². The first kappa shape index (κ1) is 21.0. The lowest BCUT2D eigenvalue weighted by Gasteiger charge is -2.38. The largest absolute Gasteiger partial charge is 0.493 e. The highest BCUT2D eigenvalue weighted by Gasteiger charge is 2.30. The number of hydrogen-bond donors (Lipinski definition) is 1. The van der Waals surface area contributed by atoms with Gasteiger partial charge in [-0.25, -0.2) is 0 Å². The molecule has 0 aliphatic carbocycles. The minimum atomic E-state index is -0.214. The van der Waals surface area contributed by atoms with Crippen LogP contribution in [-0.4, -0.2) is 38.1 Å². The van der Waals surface area contributed by atoms with Crippen molar-refractivity contribution in [1.29, 1.82) is 0 Å². The van der Waals surface area contributed by atoms with Gasteiger partial charge in [-0.05, 0) is 59.9 Å². The quantitative estimate of drug-likeness (QED) is 0.623. The summed E-state index contributed by atoms with van der Waals surface area (Å²) in [6.45, 7) is 4.29. The van der Waals surface area contributed by atoms with Crippen LogP contribution >= 0.6 is 0 Å². The van der Waals surface area contributed by atoms with Crippen molar-refractivity contribution in [2.75, 3.05) is 27.3 Å². The minimum Gasteiger partial charge on any atom is -0.493 e. The molecule has 2 heterocycles. The molecule has 0 spiro atoms. The molecule has 6 heteroatoms. The van der Waals surface area contributed by atoms with Crippen molar-refractivity contribution < 1.29 is 18.7 Å². The average Bonchev–Trinajstić information content (AvgIpc) is 3.33. The third-order valence-electron chi connectivity index (χ3n) is 5.95. The molecule has 0 saturated heterocycles. The second kappa shape index (κ2) is 9.27. The highest BCUT2D eigenvalue weighted by Crippen LogP contribution is 2.38. The highest BCUT2D eigenvalue weighted by atomic mass is 16.5. The first-order valence-electron chi connectivity index (χ1n) is 10.5. The minimum absolute atomic E-state index is 0.00192. The predicted octanol–water partition coefficient (Wildman–Crippen LogP) is 4.13. The number of nitrogens with zero attached hydrogens (tertiary/aromatic N) is 1. The van der Waals surface area contributed by atoms with Crippen LogP contribution in [0.25, 0.3) is 0 Å². The fourth-order valence-electron chi connectivity index (χ4n) is 4.20. The Morgan fingerprint density at radius 1 is 1.13 bits per heavy atom. The number of benzene rings is 2. The van der Waals surface area contributed by atoms with Crippen LogP contribution in [0.1, 0.15) is 38.9 Å². The Morgan fingerprint density at radius 3 is 2.61 bits per heavy atom. The summed E-state index contributed by atoms with van der Waals surface area (Å²) in [5, 5.41) is 3.05. The monoisotopic (exact) mass is 420 g/mol. The first-order chi connectivity index (χ1) is 15.1. The Balaban J connectivity index is 1.65. The predicted molar refractivity (Wildman–Crippen MR) is 119 cm³/mol. The van der Waals surface area contributed by atoms with Crippen molar-refractivity contribution in [3.05, 3.63) is 82.8 Å². The molecular weight excluding hydrogens is 392 g/mol. The molecule has 0 bridgehead atoms. The Bertz CT molecular complexity index is 1050. The van der Waals surface area contributed by atoms with Crippen LogP contribution in [0.5, 0.6) is 11.5 Å². The molecule has 3 aromatic rings. The molecule has 0 saturated carbocycles. The molecule has 1 N–H and O–H groups in total. The lowest BCUT2D eigenvalue weighted by molar-refractivity contribution is 0.0898. The SMILES string of the molecule is COc1cc2c(cc1OC)C(CNC(=O)c1ccco1)N(Cc1ccccc1C)CC2. The van der Waals surface area contributed by atoms with Crippen molar-refractivity contribution in [3.63, 3.8) is 0 Å². The summed E-state index contributed by atoms with van der Waals surface area (Å²) in [7, 11) is 3.30. The van der Waals surface area contributed by atoms with Crippen molar-refractivity contribution >= 4 is 5.91 Å². The van der Waals surface area contributed by atoms with E-state index < -0.39 is 0 Å². The van der Waals surface area contributed by atoms with E-state index in [4.69, 9.17) is 13.9 Å². The lowest BCUT2D eigenvalue weighted by atomic mass is 9.91. The van der Waals surface area contributed by atoms with E-state index in [1.165, 1.54) is 23.0 Å². The molecule has 31 heavy (non-hydrogen) atoms. The molecule has 1 aliphatic heterocycles. The normalized spacial score (nSPS) is 15.9.